The summed E-state index contributed by atoms with van der Waals surface area (Å²) in [4.78, 5) is 4.28. The molecule has 1 aromatic carbocycles. The van der Waals surface area contributed by atoms with Crippen molar-refractivity contribution in [2.24, 2.45) is 0 Å². The molecule has 4 heteroatoms. The van der Waals surface area contributed by atoms with E-state index in [0.717, 1.165) is 29.8 Å². The lowest BCUT2D eigenvalue weighted by Crippen LogP contribution is -2.11. The second kappa shape index (κ2) is 5.29. The van der Waals surface area contributed by atoms with E-state index in [9.17, 15) is 0 Å². The Labute approximate surface area is 116 Å². The third kappa shape index (κ3) is 2.52. The lowest BCUT2D eigenvalue weighted by Gasteiger charge is -2.14. The van der Waals surface area contributed by atoms with Crippen molar-refractivity contribution >= 4 is 22.9 Å². The number of thiazole rings is 1. The van der Waals surface area contributed by atoms with Gasteiger partial charge in [0, 0.05) is 10.9 Å². The molecule has 18 heavy (non-hydrogen) atoms. The number of hydrogen-bond acceptors (Lipinski definition) is 3. The fourth-order valence-corrected chi connectivity index (χ4v) is 3.08. The van der Waals surface area contributed by atoms with Crippen LogP contribution in [0, 0.1) is 0 Å². The first-order chi connectivity index (χ1) is 8.83. The molecule has 0 spiro atoms. The van der Waals surface area contributed by atoms with Gasteiger partial charge in [-0.1, -0.05) is 11.6 Å². The Kier molecular flexibility index (Phi) is 3.52. The number of rotatable bonds is 3. The fraction of sp³-hybridized carbons (Fsp3) is 0.357. The highest BCUT2D eigenvalue weighted by atomic mass is 35.5. The van der Waals surface area contributed by atoms with E-state index >= 15 is 0 Å². The molecule has 0 bridgehead atoms. The first kappa shape index (κ1) is 12.0. The highest BCUT2D eigenvalue weighted by molar-refractivity contribution is 7.07. The van der Waals surface area contributed by atoms with Crippen molar-refractivity contribution in [3.8, 4) is 17.0 Å². The number of aromatic nitrogens is 1. The van der Waals surface area contributed by atoms with E-state index in [1.54, 1.807) is 11.3 Å². The van der Waals surface area contributed by atoms with Gasteiger partial charge in [0.2, 0.25) is 0 Å². The van der Waals surface area contributed by atoms with E-state index in [4.69, 9.17) is 16.3 Å². The van der Waals surface area contributed by atoms with Crippen molar-refractivity contribution in [2.75, 3.05) is 0 Å². The molecule has 1 aliphatic carbocycles. The largest absolute Gasteiger partial charge is 0.489 e. The highest BCUT2D eigenvalue weighted by Crippen LogP contribution is 2.33. The smallest absolute Gasteiger partial charge is 0.138 e. The minimum atomic E-state index is 0.340. The molecule has 1 fully saturated rings. The van der Waals surface area contributed by atoms with E-state index in [1.165, 1.54) is 12.8 Å². The number of halogens is 1. The fourth-order valence-electron chi connectivity index (χ4n) is 2.30. The van der Waals surface area contributed by atoms with Gasteiger partial charge in [-0.25, -0.2) is 4.98 Å². The highest BCUT2D eigenvalue weighted by Gasteiger charge is 2.17. The minimum absolute atomic E-state index is 0.340. The van der Waals surface area contributed by atoms with E-state index < -0.39 is 0 Å². The molecule has 1 aliphatic rings. The predicted molar refractivity (Wildman–Crippen MR) is 75.4 cm³/mol. The maximum atomic E-state index is 6.28. The quantitative estimate of drug-likeness (QED) is 0.806. The van der Waals surface area contributed by atoms with Gasteiger partial charge >= 0.3 is 0 Å². The maximum Gasteiger partial charge on any atom is 0.138 e. The first-order valence-corrected chi connectivity index (χ1v) is 7.50. The number of hydrogen-bond donors (Lipinski definition) is 0. The summed E-state index contributed by atoms with van der Waals surface area (Å²) in [5, 5.41) is 2.69. The van der Waals surface area contributed by atoms with Gasteiger partial charge in [-0.15, -0.1) is 11.3 Å². The van der Waals surface area contributed by atoms with Crippen LogP contribution in [0.4, 0.5) is 0 Å². The second-order valence-corrected chi connectivity index (χ2v) is 5.67. The van der Waals surface area contributed by atoms with Crippen LogP contribution in [0.25, 0.3) is 11.3 Å². The van der Waals surface area contributed by atoms with Crippen LogP contribution in [0.3, 0.4) is 0 Å². The Morgan fingerprint density at radius 1 is 1.28 bits per heavy atom. The Morgan fingerprint density at radius 3 is 2.78 bits per heavy atom. The molecule has 0 aliphatic heterocycles. The van der Waals surface area contributed by atoms with Gasteiger partial charge < -0.3 is 4.74 Å². The van der Waals surface area contributed by atoms with Crippen LogP contribution in [0.5, 0.6) is 5.75 Å². The maximum absolute atomic E-state index is 6.28. The summed E-state index contributed by atoms with van der Waals surface area (Å²) in [6.07, 6.45) is 5.15. The minimum Gasteiger partial charge on any atom is -0.489 e. The third-order valence-electron chi connectivity index (χ3n) is 3.26. The first-order valence-electron chi connectivity index (χ1n) is 6.18. The standard InChI is InChI=1S/C14H14ClNOS/c15-12-7-10(13-8-18-9-16-13)5-6-14(12)17-11-3-1-2-4-11/h5-9,11H,1-4H2. The van der Waals surface area contributed by atoms with Crippen molar-refractivity contribution in [1.29, 1.82) is 0 Å². The molecule has 1 saturated carbocycles. The lowest BCUT2D eigenvalue weighted by molar-refractivity contribution is 0.210. The summed E-state index contributed by atoms with van der Waals surface area (Å²) in [5.41, 5.74) is 3.83. The van der Waals surface area contributed by atoms with Crippen LogP contribution < -0.4 is 4.74 Å². The average molecular weight is 280 g/mol. The van der Waals surface area contributed by atoms with Crippen molar-refractivity contribution < 1.29 is 4.74 Å². The van der Waals surface area contributed by atoms with E-state index in [0.29, 0.717) is 11.1 Å². The lowest BCUT2D eigenvalue weighted by atomic mass is 10.1. The van der Waals surface area contributed by atoms with Crippen LogP contribution in [-0.4, -0.2) is 11.1 Å². The summed E-state index contributed by atoms with van der Waals surface area (Å²) in [7, 11) is 0. The summed E-state index contributed by atoms with van der Waals surface area (Å²) >= 11 is 7.86. The van der Waals surface area contributed by atoms with Gasteiger partial charge in [-0.2, -0.15) is 0 Å². The molecule has 1 aromatic heterocycles. The summed E-state index contributed by atoms with van der Waals surface area (Å²) in [6.45, 7) is 0. The van der Waals surface area contributed by atoms with E-state index in [1.807, 2.05) is 29.1 Å². The van der Waals surface area contributed by atoms with Crippen LogP contribution in [0.1, 0.15) is 25.7 Å². The monoisotopic (exact) mass is 279 g/mol. The molecule has 0 atom stereocenters. The van der Waals surface area contributed by atoms with Gasteiger partial charge in [-0.05, 0) is 43.9 Å². The van der Waals surface area contributed by atoms with Crippen molar-refractivity contribution in [1.82, 2.24) is 4.98 Å². The second-order valence-electron chi connectivity index (χ2n) is 4.54. The van der Waals surface area contributed by atoms with Gasteiger partial charge in [0.15, 0.2) is 0 Å². The van der Waals surface area contributed by atoms with Gasteiger partial charge in [-0.3, -0.25) is 0 Å². The van der Waals surface area contributed by atoms with Crippen LogP contribution >= 0.6 is 22.9 Å². The van der Waals surface area contributed by atoms with Crippen LogP contribution in [-0.2, 0) is 0 Å². The average Bonchev–Trinajstić information content (AvgIpc) is 3.04. The van der Waals surface area contributed by atoms with Gasteiger partial charge in [0.1, 0.15) is 5.75 Å². The molecule has 0 unspecified atom stereocenters. The van der Waals surface area contributed by atoms with E-state index in [-0.39, 0.29) is 0 Å². The molecule has 2 nitrogen and oxygen atoms in total. The zero-order valence-corrected chi connectivity index (χ0v) is 11.5. The van der Waals surface area contributed by atoms with Crippen LogP contribution in [0.15, 0.2) is 29.1 Å². The molecule has 94 valence electrons. The van der Waals surface area contributed by atoms with Crippen molar-refractivity contribution in [3.63, 3.8) is 0 Å². The third-order valence-corrected chi connectivity index (χ3v) is 4.14. The molecule has 0 N–H and O–H groups in total. The van der Waals surface area contributed by atoms with Crippen molar-refractivity contribution in [3.05, 3.63) is 34.1 Å². The SMILES string of the molecule is Clc1cc(-c2cscn2)ccc1OC1CCCC1. The van der Waals surface area contributed by atoms with Crippen molar-refractivity contribution in [2.45, 2.75) is 31.8 Å². The Balaban J connectivity index is 1.80. The van der Waals surface area contributed by atoms with Gasteiger partial charge in [0.05, 0.1) is 22.3 Å². The molecule has 0 saturated heterocycles. The molecule has 0 radical (unpaired) electrons. The number of nitrogens with zero attached hydrogens (tertiary/aromatic N) is 1. The Morgan fingerprint density at radius 2 is 2.11 bits per heavy atom. The number of ether oxygens (including phenoxy) is 1. The molecular formula is C14H14ClNOS. The molecule has 2 aromatic rings. The Hall–Kier alpha value is -1.06. The summed E-state index contributed by atoms with van der Waals surface area (Å²) in [6, 6.07) is 5.90. The number of benzene rings is 1. The topological polar surface area (TPSA) is 22.1 Å². The normalized spacial score (nSPS) is 16.1. The zero-order chi connectivity index (χ0) is 12.4. The molecular weight excluding hydrogens is 266 g/mol. The zero-order valence-electron chi connectivity index (χ0n) is 9.93. The summed E-state index contributed by atoms with van der Waals surface area (Å²) in [5.74, 6) is 0.794. The summed E-state index contributed by atoms with van der Waals surface area (Å²) < 4.78 is 5.93. The van der Waals surface area contributed by atoms with Crippen LogP contribution in [0.2, 0.25) is 5.02 Å². The molecule has 3 rings (SSSR count). The Bertz CT molecular complexity index is 521. The van der Waals surface area contributed by atoms with Gasteiger partial charge in [0.25, 0.3) is 0 Å². The predicted octanol–water partition coefficient (Wildman–Crippen LogP) is 4.78. The van der Waals surface area contributed by atoms with E-state index in [2.05, 4.69) is 4.98 Å². The molecule has 0 amide bonds. The molecule has 1 heterocycles.